The second-order valence-electron chi connectivity index (χ2n) is 3.85. The summed E-state index contributed by atoms with van der Waals surface area (Å²) in [5.74, 6) is 0.0333. The molecule has 0 unspecified atom stereocenters. The van der Waals surface area contributed by atoms with Crippen molar-refractivity contribution in [1.82, 2.24) is 0 Å². The van der Waals surface area contributed by atoms with Crippen molar-refractivity contribution < 1.29 is 19.7 Å². The molecule has 0 atom stereocenters. The van der Waals surface area contributed by atoms with Crippen LogP contribution in [0.3, 0.4) is 0 Å². The minimum Gasteiger partial charge on any atom is -0.494 e. The first kappa shape index (κ1) is 13.5. The number of aliphatic hydroxyl groups excluding tert-OH is 1. The molecule has 17 heavy (non-hydrogen) atoms. The van der Waals surface area contributed by atoms with E-state index in [-0.39, 0.29) is 13.0 Å². The number of carboxylic acids is 1. The largest absolute Gasteiger partial charge is 0.494 e. The van der Waals surface area contributed by atoms with Crippen LogP contribution in [0.25, 0.3) is 0 Å². The molecule has 0 bridgehead atoms. The molecule has 0 aliphatic rings. The highest BCUT2D eigenvalue weighted by molar-refractivity contribution is 5.66. The summed E-state index contributed by atoms with van der Waals surface area (Å²) in [4.78, 5) is 10.3. The van der Waals surface area contributed by atoms with Crippen LogP contribution in [0.1, 0.15) is 31.2 Å². The van der Waals surface area contributed by atoms with Crippen LogP contribution in [0.2, 0.25) is 0 Å². The van der Waals surface area contributed by atoms with Crippen molar-refractivity contribution in [1.29, 1.82) is 0 Å². The second kappa shape index (κ2) is 7.68. The number of hydrogen-bond donors (Lipinski definition) is 2. The van der Waals surface area contributed by atoms with Gasteiger partial charge in [-0.2, -0.15) is 0 Å². The Labute approximate surface area is 101 Å². The molecule has 0 amide bonds. The van der Waals surface area contributed by atoms with Gasteiger partial charge in [0.15, 0.2) is 0 Å². The van der Waals surface area contributed by atoms with Gasteiger partial charge >= 0.3 is 5.97 Å². The highest BCUT2D eigenvalue weighted by Crippen LogP contribution is 2.12. The highest BCUT2D eigenvalue weighted by Gasteiger charge is 1.97. The number of carboxylic acid groups (broad SMARTS) is 1. The molecule has 1 aromatic rings. The molecule has 0 saturated carbocycles. The normalized spacial score (nSPS) is 10.2. The number of benzene rings is 1. The Morgan fingerprint density at radius 3 is 2.41 bits per heavy atom. The van der Waals surface area contributed by atoms with Crippen molar-refractivity contribution in [3.8, 4) is 5.75 Å². The zero-order chi connectivity index (χ0) is 12.5. The van der Waals surface area contributed by atoms with E-state index in [9.17, 15) is 4.79 Å². The Morgan fingerprint density at radius 2 is 1.82 bits per heavy atom. The van der Waals surface area contributed by atoms with Gasteiger partial charge in [-0.3, -0.25) is 4.79 Å². The predicted octanol–water partition coefficient (Wildman–Crippen LogP) is 2.20. The lowest BCUT2D eigenvalue weighted by molar-refractivity contribution is -0.137. The van der Waals surface area contributed by atoms with Crippen LogP contribution in [0.5, 0.6) is 5.75 Å². The number of hydrogen-bond acceptors (Lipinski definition) is 3. The molecule has 1 rings (SSSR count). The van der Waals surface area contributed by atoms with Crippen molar-refractivity contribution >= 4 is 5.97 Å². The molecule has 1 aromatic carbocycles. The molecular formula is C13H18O4. The summed E-state index contributed by atoms with van der Waals surface area (Å²) in [5, 5.41) is 17.3. The van der Waals surface area contributed by atoms with E-state index < -0.39 is 5.97 Å². The molecule has 4 nitrogen and oxygen atoms in total. The first-order chi connectivity index (χ1) is 8.22. The molecule has 0 aromatic heterocycles. The third kappa shape index (κ3) is 5.92. The smallest absolute Gasteiger partial charge is 0.303 e. The summed E-state index contributed by atoms with van der Waals surface area (Å²) in [5.41, 5.74) is 0.860. The van der Waals surface area contributed by atoms with Crippen LogP contribution in [0.15, 0.2) is 24.3 Å². The lowest BCUT2D eigenvalue weighted by Crippen LogP contribution is -1.99. The molecule has 0 aliphatic heterocycles. The third-order valence-electron chi connectivity index (χ3n) is 2.41. The van der Waals surface area contributed by atoms with Gasteiger partial charge in [0.05, 0.1) is 13.2 Å². The van der Waals surface area contributed by atoms with Gasteiger partial charge in [-0.1, -0.05) is 12.1 Å². The SMILES string of the molecule is O=C(O)CCCCCOc1ccc(CO)cc1. The summed E-state index contributed by atoms with van der Waals surface area (Å²) < 4.78 is 5.48. The van der Waals surface area contributed by atoms with Gasteiger partial charge in [-0.15, -0.1) is 0 Å². The molecule has 4 heteroatoms. The van der Waals surface area contributed by atoms with Gasteiger partial charge in [0.1, 0.15) is 5.75 Å². The zero-order valence-corrected chi connectivity index (χ0v) is 9.76. The van der Waals surface area contributed by atoms with E-state index in [0.717, 1.165) is 24.2 Å². The fourth-order valence-corrected chi connectivity index (χ4v) is 1.44. The Bertz CT molecular complexity index is 332. The monoisotopic (exact) mass is 238 g/mol. The van der Waals surface area contributed by atoms with E-state index in [1.165, 1.54) is 0 Å². The second-order valence-corrected chi connectivity index (χ2v) is 3.85. The van der Waals surface area contributed by atoms with E-state index in [1.807, 2.05) is 24.3 Å². The average Bonchev–Trinajstić information content (AvgIpc) is 2.34. The number of ether oxygens (including phenoxy) is 1. The molecule has 0 radical (unpaired) electrons. The molecule has 0 fully saturated rings. The van der Waals surface area contributed by atoms with Crippen LogP contribution in [0, 0.1) is 0 Å². The van der Waals surface area contributed by atoms with E-state index in [2.05, 4.69) is 0 Å². The van der Waals surface area contributed by atoms with E-state index in [0.29, 0.717) is 13.0 Å². The van der Waals surface area contributed by atoms with Crippen LogP contribution in [-0.4, -0.2) is 22.8 Å². The van der Waals surface area contributed by atoms with Crippen molar-refractivity contribution in [2.75, 3.05) is 6.61 Å². The summed E-state index contributed by atoms with van der Waals surface area (Å²) >= 11 is 0. The van der Waals surface area contributed by atoms with Gasteiger partial charge in [0.2, 0.25) is 0 Å². The Morgan fingerprint density at radius 1 is 1.12 bits per heavy atom. The zero-order valence-electron chi connectivity index (χ0n) is 9.76. The van der Waals surface area contributed by atoms with E-state index in [4.69, 9.17) is 14.9 Å². The van der Waals surface area contributed by atoms with Crippen molar-refractivity contribution in [2.45, 2.75) is 32.3 Å². The Balaban J connectivity index is 2.11. The number of aliphatic carboxylic acids is 1. The maximum atomic E-state index is 10.3. The van der Waals surface area contributed by atoms with Crippen molar-refractivity contribution in [3.05, 3.63) is 29.8 Å². The molecule has 0 aliphatic carbocycles. The van der Waals surface area contributed by atoms with E-state index in [1.54, 1.807) is 0 Å². The number of rotatable bonds is 8. The fraction of sp³-hybridized carbons (Fsp3) is 0.462. The van der Waals surface area contributed by atoms with Gasteiger partial charge in [-0.25, -0.2) is 0 Å². The topological polar surface area (TPSA) is 66.8 Å². The highest BCUT2D eigenvalue weighted by atomic mass is 16.5. The Hall–Kier alpha value is -1.55. The van der Waals surface area contributed by atoms with Crippen LogP contribution >= 0.6 is 0 Å². The maximum Gasteiger partial charge on any atom is 0.303 e. The average molecular weight is 238 g/mol. The molecule has 94 valence electrons. The van der Waals surface area contributed by atoms with Gasteiger partial charge in [0.25, 0.3) is 0 Å². The lowest BCUT2D eigenvalue weighted by atomic mass is 10.2. The summed E-state index contributed by atoms with van der Waals surface area (Å²) in [6.07, 6.45) is 2.64. The van der Waals surface area contributed by atoms with Crippen LogP contribution < -0.4 is 4.74 Å². The minimum absolute atomic E-state index is 0.0372. The number of unbranched alkanes of at least 4 members (excludes halogenated alkanes) is 2. The summed E-state index contributed by atoms with van der Waals surface area (Å²) in [7, 11) is 0. The van der Waals surface area contributed by atoms with Gasteiger partial charge < -0.3 is 14.9 Å². The lowest BCUT2D eigenvalue weighted by Gasteiger charge is -2.06. The van der Waals surface area contributed by atoms with Crippen LogP contribution in [-0.2, 0) is 11.4 Å². The molecule has 2 N–H and O–H groups in total. The molecule has 0 spiro atoms. The number of aliphatic hydroxyl groups is 1. The van der Waals surface area contributed by atoms with Gasteiger partial charge in [-0.05, 0) is 37.0 Å². The molecule has 0 saturated heterocycles. The standard InChI is InChI=1S/C13H18O4/c14-10-11-5-7-12(8-6-11)17-9-3-1-2-4-13(15)16/h5-8,14H,1-4,9-10H2,(H,15,16). The Kier molecular flexibility index (Phi) is 6.10. The van der Waals surface area contributed by atoms with E-state index >= 15 is 0 Å². The number of carbonyl (C=O) groups is 1. The van der Waals surface area contributed by atoms with Crippen molar-refractivity contribution in [3.63, 3.8) is 0 Å². The van der Waals surface area contributed by atoms with Gasteiger partial charge in [0, 0.05) is 6.42 Å². The predicted molar refractivity (Wildman–Crippen MR) is 64.0 cm³/mol. The van der Waals surface area contributed by atoms with Crippen molar-refractivity contribution in [2.24, 2.45) is 0 Å². The van der Waals surface area contributed by atoms with Crippen LogP contribution in [0.4, 0.5) is 0 Å². The fourth-order valence-electron chi connectivity index (χ4n) is 1.44. The molecule has 0 heterocycles. The first-order valence-electron chi connectivity index (χ1n) is 5.77. The molecular weight excluding hydrogens is 220 g/mol. The summed E-state index contributed by atoms with van der Waals surface area (Å²) in [6.45, 7) is 0.632. The minimum atomic E-state index is -0.745. The quantitative estimate of drug-likeness (QED) is 0.681. The first-order valence-corrected chi connectivity index (χ1v) is 5.77. The maximum absolute atomic E-state index is 10.3. The summed E-state index contributed by atoms with van der Waals surface area (Å²) in [6, 6.07) is 7.28. The third-order valence-corrected chi connectivity index (χ3v) is 2.41.